The van der Waals surface area contributed by atoms with Crippen molar-refractivity contribution < 1.29 is 0 Å². The third-order valence-corrected chi connectivity index (χ3v) is 13.4. The van der Waals surface area contributed by atoms with Gasteiger partial charge >= 0.3 is 0 Å². The van der Waals surface area contributed by atoms with Crippen LogP contribution in [0.1, 0.15) is 105 Å². The van der Waals surface area contributed by atoms with Gasteiger partial charge in [-0.3, -0.25) is 0 Å². The van der Waals surface area contributed by atoms with E-state index in [0.29, 0.717) is 5.69 Å². The maximum Gasteiger partial charge on any atom is 0.213 e. The van der Waals surface area contributed by atoms with Crippen LogP contribution in [0.15, 0.2) is 103 Å². The van der Waals surface area contributed by atoms with Gasteiger partial charge in [-0.25, -0.2) is 4.85 Å². The van der Waals surface area contributed by atoms with Crippen LogP contribution in [0.5, 0.6) is 0 Å². The summed E-state index contributed by atoms with van der Waals surface area (Å²) in [6.45, 7) is 36.4. The first kappa shape index (κ1) is 37.2. The maximum absolute atomic E-state index is 8.92. The minimum absolute atomic E-state index is 0.00547. The summed E-state index contributed by atoms with van der Waals surface area (Å²) in [4.78, 5) is 4.43. The summed E-state index contributed by atoms with van der Waals surface area (Å²) in [6.07, 6.45) is 0. The molecule has 6 aromatic carbocycles. The van der Waals surface area contributed by atoms with Gasteiger partial charge in [-0.05, 0) is 105 Å². The number of benzene rings is 6. The highest BCUT2D eigenvalue weighted by Crippen LogP contribution is 2.50. The second kappa shape index (κ2) is 12.3. The summed E-state index contributed by atoms with van der Waals surface area (Å²) in [5.41, 5.74) is 12.5. The number of thiophene rings is 1. The fraction of sp³-hybridized carbons (Fsp3) is 0.302. The van der Waals surface area contributed by atoms with E-state index in [4.69, 9.17) is 6.57 Å². The molecule has 0 aliphatic rings. The van der Waals surface area contributed by atoms with E-state index in [1.54, 1.807) is 0 Å². The molecule has 0 aliphatic heterocycles. The Morgan fingerprint density at radius 1 is 0.456 bits per heavy atom. The van der Waals surface area contributed by atoms with E-state index in [-0.39, 0.29) is 21.7 Å². The van der Waals surface area contributed by atoms with Gasteiger partial charge in [0.2, 0.25) is 5.69 Å². The largest absolute Gasteiger partial charge is 0.318 e. The van der Waals surface area contributed by atoms with Crippen LogP contribution in [0.3, 0.4) is 0 Å². The van der Waals surface area contributed by atoms with Crippen LogP contribution in [0.4, 0.5) is 5.69 Å². The van der Waals surface area contributed by atoms with E-state index in [9.17, 15) is 0 Å². The average molecular weight is 764 g/mol. The minimum atomic E-state index is -0.00595. The Morgan fingerprint density at radius 3 is 1.23 bits per heavy atom. The molecule has 3 nitrogen and oxygen atoms in total. The zero-order chi connectivity index (χ0) is 40.6. The molecule has 0 amide bonds. The molecule has 0 aliphatic carbocycles. The van der Waals surface area contributed by atoms with Gasteiger partial charge in [0.1, 0.15) is 0 Å². The fourth-order valence-corrected chi connectivity index (χ4v) is 9.95. The van der Waals surface area contributed by atoms with Crippen LogP contribution in [-0.4, -0.2) is 9.13 Å². The second-order valence-electron chi connectivity index (χ2n) is 20.3. The number of aromatic nitrogens is 2. The van der Waals surface area contributed by atoms with Gasteiger partial charge in [-0.15, -0.1) is 11.3 Å². The highest BCUT2D eigenvalue weighted by atomic mass is 32.1. The van der Waals surface area contributed by atoms with Gasteiger partial charge in [-0.2, -0.15) is 0 Å². The van der Waals surface area contributed by atoms with Crippen LogP contribution in [-0.2, 0) is 21.7 Å². The molecule has 3 heterocycles. The van der Waals surface area contributed by atoms with Crippen LogP contribution in [0.25, 0.3) is 80.0 Å². The average Bonchev–Trinajstić information content (AvgIpc) is 3.80. The lowest BCUT2D eigenvalue weighted by atomic mass is 9.85. The van der Waals surface area contributed by atoms with Crippen LogP contribution < -0.4 is 0 Å². The highest BCUT2D eigenvalue weighted by molar-refractivity contribution is 7.26. The molecule has 9 rings (SSSR count). The molecule has 0 saturated carbocycles. The summed E-state index contributed by atoms with van der Waals surface area (Å²) in [6, 6.07) is 38.9. The SMILES string of the molecule is [C-]#[N+]c1cc(-n2c3ccc(C(C)(C)C)cc3c3cc(C(C)(C)C)ccc32)c2sc3ccccc3c2c1-n1c2ccc(C(C)(C)C)cc2c2cc(C(C)(C)C)ccc21. The smallest absolute Gasteiger partial charge is 0.213 e. The number of fused-ring (bicyclic) bond motifs is 9. The zero-order valence-electron chi connectivity index (χ0n) is 35.6. The Morgan fingerprint density at radius 2 is 0.842 bits per heavy atom. The van der Waals surface area contributed by atoms with Gasteiger partial charge in [0.15, 0.2) is 0 Å². The molecule has 0 unspecified atom stereocenters. The molecule has 0 saturated heterocycles. The number of nitrogens with zero attached hydrogens (tertiary/aromatic N) is 3. The number of rotatable bonds is 2. The lowest BCUT2D eigenvalue weighted by Crippen LogP contribution is -2.10. The van der Waals surface area contributed by atoms with Gasteiger partial charge in [-0.1, -0.05) is 126 Å². The van der Waals surface area contributed by atoms with E-state index in [2.05, 4.69) is 200 Å². The van der Waals surface area contributed by atoms with Crippen molar-refractivity contribution in [3.05, 3.63) is 137 Å². The van der Waals surface area contributed by atoms with E-state index < -0.39 is 0 Å². The van der Waals surface area contributed by atoms with Crippen LogP contribution in [0.2, 0.25) is 0 Å². The Balaban J connectivity index is 1.45. The van der Waals surface area contributed by atoms with Gasteiger partial charge in [0, 0.05) is 37.0 Å². The van der Waals surface area contributed by atoms with Gasteiger partial charge in [0.05, 0.1) is 44.7 Å². The second-order valence-corrected chi connectivity index (χ2v) is 21.3. The quantitative estimate of drug-likeness (QED) is 0.156. The van der Waals surface area contributed by atoms with Crippen molar-refractivity contribution in [2.45, 2.75) is 105 Å². The van der Waals surface area contributed by atoms with Crippen LogP contribution >= 0.6 is 11.3 Å². The fourth-order valence-electron chi connectivity index (χ4n) is 8.74. The topological polar surface area (TPSA) is 14.2 Å². The molecule has 9 aromatic rings. The summed E-state index contributed by atoms with van der Waals surface area (Å²) in [5, 5.41) is 7.25. The zero-order valence-corrected chi connectivity index (χ0v) is 36.4. The third-order valence-electron chi connectivity index (χ3n) is 12.2. The highest BCUT2D eigenvalue weighted by Gasteiger charge is 2.28. The Labute approximate surface area is 341 Å². The molecule has 0 radical (unpaired) electrons. The lowest BCUT2D eigenvalue weighted by Gasteiger charge is -2.20. The van der Waals surface area contributed by atoms with Gasteiger partial charge < -0.3 is 9.13 Å². The first-order chi connectivity index (χ1) is 26.8. The molecule has 4 heteroatoms. The van der Waals surface area contributed by atoms with Crippen molar-refractivity contribution in [2.24, 2.45) is 0 Å². The summed E-state index contributed by atoms with van der Waals surface area (Å²) < 4.78 is 7.24. The van der Waals surface area contributed by atoms with Crippen molar-refractivity contribution in [3.8, 4) is 11.4 Å². The summed E-state index contributed by atoms with van der Waals surface area (Å²) in [5.74, 6) is 0. The van der Waals surface area contributed by atoms with Crippen molar-refractivity contribution in [2.75, 3.05) is 0 Å². The predicted octanol–water partition coefficient (Wildman–Crippen LogP) is 16.0. The lowest BCUT2D eigenvalue weighted by molar-refractivity contribution is 0.590. The molecule has 0 fully saturated rings. The van der Waals surface area contributed by atoms with E-state index in [0.717, 1.165) is 38.8 Å². The molecular formula is C53H53N3S. The Kier molecular flexibility index (Phi) is 8.04. The molecule has 3 aromatic heterocycles. The number of hydrogen-bond donors (Lipinski definition) is 0. The third kappa shape index (κ3) is 5.80. The van der Waals surface area contributed by atoms with Gasteiger partial charge in [0.25, 0.3) is 0 Å². The van der Waals surface area contributed by atoms with Crippen molar-refractivity contribution >= 4 is 80.8 Å². The molecule has 0 atom stereocenters. The minimum Gasteiger partial charge on any atom is -0.318 e. The van der Waals surface area contributed by atoms with E-state index in [1.165, 1.54) is 58.6 Å². The maximum atomic E-state index is 8.92. The summed E-state index contributed by atoms with van der Waals surface area (Å²) >= 11 is 1.83. The molecule has 0 bridgehead atoms. The monoisotopic (exact) mass is 763 g/mol. The molecule has 0 spiro atoms. The molecular weight excluding hydrogens is 711 g/mol. The molecule has 57 heavy (non-hydrogen) atoms. The van der Waals surface area contributed by atoms with Crippen molar-refractivity contribution in [3.63, 3.8) is 0 Å². The first-order valence-electron chi connectivity index (χ1n) is 20.3. The van der Waals surface area contributed by atoms with Crippen molar-refractivity contribution in [1.29, 1.82) is 0 Å². The Hall–Kier alpha value is -5.37. The predicted molar refractivity (Wildman–Crippen MR) is 249 cm³/mol. The standard InChI is InChI=1S/C53H53N3S/c1-50(2,3)31-18-22-41-36(26-31)37-27-32(51(4,5)6)19-23-42(37)55(41)45-30-40(54-13)48(47-35-16-14-15-17-46(35)57-49(45)47)56-43-24-20-33(52(7,8)9)28-38(43)39-29-34(53(10,11)12)21-25-44(39)56/h14-30H,1-12H3. The molecule has 0 N–H and O–H groups in total. The number of hydrogen-bond acceptors (Lipinski definition) is 1. The Bertz CT molecular complexity index is 3020. The van der Waals surface area contributed by atoms with Crippen molar-refractivity contribution in [1.82, 2.24) is 9.13 Å². The van der Waals surface area contributed by atoms with E-state index >= 15 is 0 Å². The normalized spacial score (nSPS) is 13.2. The summed E-state index contributed by atoms with van der Waals surface area (Å²) in [7, 11) is 0. The van der Waals surface area contributed by atoms with Crippen LogP contribution in [0, 0.1) is 6.57 Å². The first-order valence-corrected chi connectivity index (χ1v) is 21.1. The van der Waals surface area contributed by atoms with E-state index in [1.807, 2.05) is 11.3 Å². The molecule has 286 valence electrons.